The molecule has 1 amide bonds. The lowest BCUT2D eigenvalue weighted by Crippen LogP contribution is -2.30. The van der Waals surface area contributed by atoms with Gasteiger partial charge in [0.25, 0.3) is 5.78 Å². The summed E-state index contributed by atoms with van der Waals surface area (Å²) in [7, 11) is 0. The highest BCUT2D eigenvalue weighted by atomic mass is 16.3. The molecule has 1 aromatic heterocycles. The van der Waals surface area contributed by atoms with Crippen molar-refractivity contribution in [2.24, 2.45) is 0 Å². The first-order valence-electron chi connectivity index (χ1n) is 9.33. The number of hydrogen-bond donors (Lipinski definition) is 1. The Balaban J connectivity index is 1.94. The predicted molar refractivity (Wildman–Crippen MR) is 111 cm³/mol. The molecule has 144 valence electrons. The zero-order valence-corrected chi connectivity index (χ0v) is 16.2. The number of anilines is 1. The van der Waals surface area contributed by atoms with E-state index in [4.69, 9.17) is 0 Å². The molecule has 0 aliphatic carbocycles. The first kappa shape index (κ1) is 18.6. The van der Waals surface area contributed by atoms with Gasteiger partial charge in [0.05, 0.1) is 11.6 Å². The van der Waals surface area contributed by atoms with Gasteiger partial charge in [0.2, 0.25) is 0 Å². The highest BCUT2D eigenvalue weighted by molar-refractivity contribution is 6.51. The Morgan fingerprint density at radius 2 is 1.52 bits per heavy atom. The van der Waals surface area contributed by atoms with Crippen LogP contribution in [0.5, 0.6) is 0 Å². The summed E-state index contributed by atoms with van der Waals surface area (Å²) < 4.78 is 0. The molecule has 0 unspecified atom stereocenters. The topological polar surface area (TPSA) is 70.5 Å². The second-order valence-electron chi connectivity index (χ2n) is 7.13. The molecule has 1 atom stereocenters. The Hall–Kier alpha value is -3.73. The lowest BCUT2D eigenvalue weighted by molar-refractivity contribution is -0.132. The van der Waals surface area contributed by atoms with E-state index in [0.717, 1.165) is 16.7 Å². The number of ketones is 1. The van der Waals surface area contributed by atoms with Gasteiger partial charge < -0.3 is 5.11 Å². The number of Topliss-reactive ketones (excluding diaryl/α,β-unsaturated/α-hetero) is 1. The Morgan fingerprint density at radius 3 is 2.10 bits per heavy atom. The van der Waals surface area contributed by atoms with Crippen molar-refractivity contribution in [2.45, 2.75) is 19.9 Å². The first-order valence-corrected chi connectivity index (χ1v) is 9.33. The number of aliphatic hydroxyl groups excluding tert-OH is 1. The van der Waals surface area contributed by atoms with E-state index in [2.05, 4.69) is 4.98 Å². The molecule has 3 aromatic rings. The van der Waals surface area contributed by atoms with Gasteiger partial charge in [-0.2, -0.15) is 0 Å². The summed E-state index contributed by atoms with van der Waals surface area (Å²) in [5, 5.41) is 11.0. The van der Waals surface area contributed by atoms with Crippen LogP contribution >= 0.6 is 0 Å². The Morgan fingerprint density at radius 1 is 0.897 bits per heavy atom. The van der Waals surface area contributed by atoms with Crippen molar-refractivity contribution in [1.82, 2.24) is 4.98 Å². The molecule has 4 rings (SSSR count). The molecule has 1 N–H and O–H groups in total. The SMILES string of the molecule is Cc1ccc(C(O)=C2C(=O)C(=O)N(c3ccccn3)[C@@H]2c2ccc(C)cc2)cc1. The van der Waals surface area contributed by atoms with Crippen molar-refractivity contribution in [1.29, 1.82) is 0 Å². The predicted octanol–water partition coefficient (Wildman–Crippen LogP) is 4.32. The third-order valence-corrected chi connectivity index (χ3v) is 5.06. The second kappa shape index (κ2) is 7.36. The average Bonchev–Trinajstić information content (AvgIpc) is 3.00. The molecule has 1 saturated heterocycles. The fourth-order valence-corrected chi connectivity index (χ4v) is 3.50. The van der Waals surface area contributed by atoms with Crippen molar-refractivity contribution in [2.75, 3.05) is 4.90 Å². The minimum atomic E-state index is -0.758. The molecule has 1 aliphatic heterocycles. The lowest BCUT2D eigenvalue weighted by atomic mass is 9.94. The molecule has 0 spiro atoms. The van der Waals surface area contributed by atoms with E-state index in [1.54, 1.807) is 36.5 Å². The van der Waals surface area contributed by atoms with Crippen LogP contribution in [0, 0.1) is 13.8 Å². The second-order valence-corrected chi connectivity index (χ2v) is 7.13. The maximum Gasteiger partial charge on any atom is 0.301 e. The minimum Gasteiger partial charge on any atom is -0.507 e. The number of nitrogens with zero attached hydrogens (tertiary/aromatic N) is 2. The largest absolute Gasteiger partial charge is 0.507 e. The molecule has 5 nitrogen and oxygen atoms in total. The summed E-state index contributed by atoms with van der Waals surface area (Å²) >= 11 is 0. The van der Waals surface area contributed by atoms with E-state index in [1.807, 2.05) is 50.2 Å². The summed E-state index contributed by atoms with van der Waals surface area (Å²) in [6.07, 6.45) is 1.57. The maximum atomic E-state index is 13.0. The van der Waals surface area contributed by atoms with Crippen LogP contribution in [0.1, 0.15) is 28.3 Å². The van der Waals surface area contributed by atoms with E-state index >= 15 is 0 Å². The maximum absolute atomic E-state index is 13.0. The quantitative estimate of drug-likeness (QED) is 0.415. The summed E-state index contributed by atoms with van der Waals surface area (Å²) in [5.41, 5.74) is 3.38. The van der Waals surface area contributed by atoms with Crippen LogP contribution in [0.3, 0.4) is 0 Å². The first-order chi connectivity index (χ1) is 14.0. The molecular formula is C24H20N2O3. The minimum absolute atomic E-state index is 0.0633. The summed E-state index contributed by atoms with van der Waals surface area (Å²) in [6, 6.07) is 19.2. The summed E-state index contributed by atoms with van der Waals surface area (Å²) in [6.45, 7) is 3.90. The van der Waals surface area contributed by atoms with Crippen molar-refractivity contribution in [3.63, 3.8) is 0 Å². The highest BCUT2D eigenvalue weighted by Gasteiger charge is 2.47. The van der Waals surface area contributed by atoms with Gasteiger partial charge in [-0.3, -0.25) is 14.5 Å². The van der Waals surface area contributed by atoms with Gasteiger partial charge in [-0.1, -0.05) is 65.7 Å². The molecule has 2 aromatic carbocycles. The van der Waals surface area contributed by atoms with Gasteiger partial charge in [0.15, 0.2) is 0 Å². The van der Waals surface area contributed by atoms with Crippen LogP contribution in [0.15, 0.2) is 78.5 Å². The number of pyridine rings is 1. The normalized spacial score (nSPS) is 18.3. The number of aryl methyl sites for hydroxylation is 2. The lowest BCUT2D eigenvalue weighted by Gasteiger charge is -2.24. The summed E-state index contributed by atoms with van der Waals surface area (Å²) in [4.78, 5) is 31.6. The average molecular weight is 384 g/mol. The molecule has 2 heterocycles. The molecular weight excluding hydrogens is 364 g/mol. The van der Waals surface area contributed by atoms with Crippen LogP contribution in [0.25, 0.3) is 5.76 Å². The van der Waals surface area contributed by atoms with E-state index in [0.29, 0.717) is 11.4 Å². The number of carbonyl (C=O) groups excluding carboxylic acids is 2. The van der Waals surface area contributed by atoms with E-state index < -0.39 is 17.7 Å². The number of amides is 1. The fraction of sp³-hybridized carbons (Fsp3) is 0.125. The molecule has 0 bridgehead atoms. The standard InChI is InChI=1S/C24H20N2O3/c1-15-6-10-17(11-7-15)21-20(22(27)18-12-8-16(2)9-13-18)23(28)24(29)26(21)19-5-3-4-14-25-19/h3-14,21,27H,1-2H3/t21-/m1/s1. The third-order valence-electron chi connectivity index (χ3n) is 5.06. The van der Waals surface area contributed by atoms with Crippen LogP contribution in [0.4, 0.5) is 5.82 Å². The molecule has 29 heavy (non-hydrogen) atoms. The Kier molecular flexibility index (Phi) is 4.72. The van der Waals surface area contributed by atoms with Gasteiger partial charge in [0, 0.05) is 11.8 Å². The number of carbonyl (C=O) groups is 2. The zero-order chi connectivity index (χ0) is 20.5. The molecule has 0 radical (unpaired) electrons. The van der Waals surface area contributed by atoms with E-state index in [1.165, 1.54) is 4.90 Å². The monoisotopic (exact) mass is 384 g/mol. The van der Waals surface area contributed by atoms with Crippen molar-refractivity contribution >= 4 is 23.3 Å². The van der Waals surface area contributed by atoms with Gasteiger partial charge in [0.1, 0.15) is 11.6 Å². The highest BCUT2D eigenvalue weighted by Crippen LogP contribution is 2.41. The van der Waals surface area contributed by atoms with Crippen LogP contribution in [0.2, 0.25) is 0 Å². The number of aliphatic hydroxyl groups is 1. The van der Waals surface area contributed by atoms with Crippen LogP contribution in [-0.4, -0.2) is 21.8 Å². The van der Waals surface area contributed by atoms with Gasteiger partial charge in [-0.05, 0) is 31.5 Å². The Labute approximate surface area is 169 Å². The van der Waals surface area contributed by atoms with Crippen molar-refractivity contribution in [3.8, 4) is 0 Å². The zero-order valence-electron chi connectivity index (χ0n) is 16.2. The molecule has 1 aliphatic rings. The number of rotatable bonds is 3. The van der Waals surface area contributed by atoms with Crippen molar-refractivity contribution in [3.05, 3.63) is 101 Å². The van der Waals surface area contributed by atoms with E-state index in [9.17, 15) is 14.7 Å². The number of benzene rings is 2. The van der Waals surface area contributed by atoms with Crippen LogP contribution < -0.4 is 4.90 Å². The van der Waals surface area contributed by atoms with Crippen LogP contribution in [-0.2, 0) is 9.59 Å². The molecule has 5 heteroatoms. The van der Waals surface area contributed by atoms with Gasteiger partial charge in [-0.25, -0.2) is 4.98 Å². The third kappa shape index (κ3) is 3.31. The van der Waals surface area contributed by atoms with Gasteiger partial charge in [-0.15, -0.1) is 0 Å². The summed E-state index contributed by atoms with van der Waals surface area (Å²) in [5.74, 6) is -1.25. The molecule has 1 fully saturated rings. The van der Waals surface area contributed by atoms with Crippen molar-refractivity contribution < 1.29 is 14.7 Å². The fourth-order valence-electron chi connectivity index (χ4n) is 3.50. The Bertz CT molecular complexity index is 1100. The number of hydrogen-bond acceptors (Lipinski definition) is 4. The molecule has 0 saturated carbocycles. The van der Waals surface area contributed by atoms with Gasteiger partial charge >= 0.3 is 5.91 Å². The number of aromatic nitrogens is 1. The smallest absolute Gasteiger partial charge is 0.301 e. The van der Waals surface area contributed by atoms with E-state index in [-0.39, 0.29) is 11.3 Å².